The zero-order valence-corrected chi connectivity index (χ0v) is 10.5. The molecule has 0 fully saturated rings. The maximum absolute atomic E-state index is 12.5. The Morgan fingerprint density at radius 3 is 2.12 bits per heavy atom. The molecule has 98 valence electrons. The van der Waals surface area contributed by atoms with Crippen LogP contribution in [0, 0.1) is 0 Å². The molecule has 0 amide bonds. The largest absolute Gasteiger partial charge is 0.434 e. The van der Waals surface area contributed by atoms with Gasteiger partial charge >= 0.3 is 6.18 Å². The van der Waals surface area contributed by atoms with Crippen LogP contribution in [0.4, 0.5) is 19.0 Å². The molecule has 0 unspecified atom stereocenters. The van der Waals surface area contributed by atoms with Crippen molar-refractivity contribution in [3.05, 3.63) is 10.7 Å². The summed E-state index contributed by atoms with van der Waals surface area (Å²) >= 11 is 5.72. The number of hydrogen-bond donors (Lipinski definition) is 1. The van der Waals surface area contributed by atoms with Crippen molar-refractivity contribution in [1.29, 1.82) is 0 Å². The summed E-state index contributed by atoms with van der Waals surface area (Å²) < 4.78 is 37.6. The van der Waals surface area contributed by atoms with Crippen LogP contribution in [0.3, 0.4) is 0 Å². The molecule has 0 radical (unpaired) electrons. The van der Waals surface area contributed by atoms with E-state index in [1.54, 1.807) is 4.90 Å². The van der Waals surface area contributed by atoms with E-state index in [2.05, 4.69) is 5.10 Å². The molecule has 1 aromatic heterocycles. The molecule has 0 aromatic carbocycles. The Bertz CT molecular complexity index is 356. The van der Waals surface area contributed by atoms with Gasteiger partial charge in [-0.2, -0.15) is 18.3 Å². The Labute approximate surface area is 103 Å². The van der Waals surface area contributed by atoms with Crippen LogP contribution in [0.5, 0.6) is 0 Å². The first-order valence-electron chi connectivity index (χ1n) is 5.47. The molecule has 0 bridgehead atoms. The highest BCUT2D eigenvalue weighted by Gasteiger charge is 2.37. The first-order chi connectivity index (χ1) is 7.91. The predicted molar refractivity (Wildman–Crippen MR) is 61.4 cm³/mol. The van der Waals surface area contributed by atoms with E-state index in [9.17, 15) is 13.2 Å². The summed E-state index contributed by atoms with van der Waals surface area (Å²) in [5, 5.41) is 5.28. The standard InChI is InChI=1S/C10H15ClF3N3/c1-3-5-17(6-4-2)9-7(11)8(15-16-9)10(12,13)14/h3-6H2,1-2H3,(H,15,16). The second-order valence-corrected chi connectivity index (χ2v) is 4.10. The molecule has 0 spiro atoms. The van der Waals surface area contributed by atoms with Crippen LogP contribution < -0.4 is 4.90 Å². The van der Waals surface area contributed by atoms with E-state index < -0.39 is 11.9 Å². The molecule has 1 aromatic rings. The number of anilines is 1. The van der Waals surface area contributed by atoms with Crippen LogP contribution in [0.1, 0.15) is 32.4 Å². The average Bonchev–Trinajstić information content (AvgIpc) is 2.59. The lowest BCUT2D eigenvalue weighted by Gasteiger charge is -2.21. The molecular weight excluding hydrogens is 255 g/mol. The van der Waals surface area contributed by atoms with Crippen molar-refractivity contribution in [2.45, 2.75) is 32.9 Å². The molecule has 17 heavy (non-hydrogen) atoms. The zero-order chi connectivity index (χ0) is 13.1. The van der Waals surface area contributed by atoms with Gasteiger partial charge in [-0.15, -0.1) is 0 Å². The van der Waals surface area contributed by atoms with Crippen LogP contribution >= 0.6 is 11.6 Å². The minimum absolute atomic E-state index is 0.183. The van der Waals surface area contributed by atoms with Crippen molar-refractivity contribution in [1.82, 2.24) is 10.2 Å². The summed E-state index contributed by atoms with van der Waals surface area (Å²) in [6.07, 6.45) is -2.85. The minimum atomic E-state index is -4.49. The fraction of sp³-hybridized carbons (Fsp3) is 0.700. The number of H-pyrrole nitrogens is 1. The highest BCUT2D eigenvalue weighted by atomic mass is 35.5. The van der Waals surface area contributed by atoms with Crippen molar-refractivity contribution in [3.63, 3.8) is 0 Å². The maximum Gasteiger partial charge on any atom is 0.434 e. The lowest BCUT2D eigenvalue weighted by Crippen LogP contribution is -2.25. The van der Waals surface area contributed by atoms with Gasteiger partial charge in [0, 0.05) is 13.1 Å². The van der Waals surface area contributed by atoms with Gasteiger partial charge in [0.05, 0.1) is 0 Å². The number of nitrogens with zero attached hydrogens (tertiary/aromatic N) is 2. The maximum atomic E-state index is 12.5. The molecule has 0 saturated carbocycles. The predicted octanol–water partition coefficient (Wildman–Crippen LogP) is 3.71. The molecule has 0 atom stereocenters. The van der Waals surface area contributed by atoms with Gasteiger partial charge in [-0.25, -0.2) is 0 Å². The zero-order valence-electron chi connectivity index (χ0n) is 9.73. The smallest absolute Gasteiger partial charge is 0.354 e. The number of alkyl halides is 3. The third kappa shape index (κ3) is 3.28. The molecule has 7 heteroatoms. The quantitative estimate of drug-likeness (QED) is 0.884. The molecule has 1 N–H and O–H groups in total. The molecular formula is C10H15ClF3N3. The minimum Gasteiger partial charge on any atom is -0.354 e. The van der Waals surface area contributed by atoms with Gasteiger partial charge in [-0.1, -0.05) is 25.4 Å². The van der Waals surface area contributed by atoms with E-state index in [0.717, 1.165) is 12.8 Å². The van der Waals surface area contributed by atoms with E-state index in [4.69, 9.17) is 11.6 Å². The fourth-order valence-electron chi connectivity index (χ4n) is 1.58. The first-order valence-corrected chi connectivity index (χ1v) is 5.85. The van der Waals surface area contributed by atoms with Crippen molar-refractivity contribution in [2.75, 3.05) is 18.0 Å². The van der Waals surface area contributed by atoms with E-state index in [-0.39, 0.29) is 10.8 Å². The molecule has 3 nitrogen and oxygen atoms in total. The summed E-state index contributed by atoms with van der Waals surface area (Å²) in [4.78, 5) is 1.76. The second kappa shape index (κ2) is 5.62. The third-order valence-corrected chi connectivity index (χ3v) is 2.62. The Balaban J connectivity index is 3.01. The Morgan fingerprint density at radius 1 is 1.24 bits per heavy atom. The monoisotopic (exact) mass is 269 g/mol. The van der Waals surface area contributed by atoms with Crippen LogP contribution in [0.25, 0.3) is 0 Å². The van der Waals surface area contributed by atoms with Crippen molar-refractivity contribution in [2.24, 2.45) is 0 Å². The highest BCUT2D eigenvalue weighted by molar-refractivity contribution is 6.33. The van der Waals surface area contributed by atoms with Crippen LogP contribution in [-0.4, -0.2) is 23.3 Å². The molecule has 0 aliphatic heterocycles. The molecule has 1 heterocycles. The Morgan fingerprint density at radius 2 is 1.76 bits per heavy atom. The highest BCUT2D eigenvalue weighted by Crippen LogP contribution is 2.37. The molecule has 0 aliphatic carbocycles. The third-order valence-electron chi connectivity index (χ3n) is 2.26. The summed E-state index contributed by atoms with van der Waals surface area (Å²) in [5.41, 5.74) is -0.980. The molecule has 1 rings (SSSR count). The van der Waals surface area contributed by atoms with Crippen LogP contribution in [0.15, 0.2) is 0 Å². The number of aromatic nitrogens is 2. The summed E-state index contributed by atoms with van der Waals surface area (Å²) in [5.74, 6) is 0.183. The number of rotatable bonds is 5. The van der Waals surface area contributed by atoms with E-state index >= 15 is 0 Å². The first kappa shape index (κ1) is 14.2. The van der Waals surface area contributed by atoms with E-state index in [1.807, 2.05) is 18.9 Å². The van der Waals surface area contributed by atoms with Crippen LogP contribution in [0.2, 0.25) is 5.02 Å². The number of hydrogen-bond acceptors (Lipinski definition) is 2. The van der Waals surface area contributed by atoms with E-state index in [1.165, 1.54) is 0 Å². The summed E-state index contributed by atoms with van der Waals surface area (Å²) in [6.45, 7) is 5.17. The van der Waals surface area contributed by atoms with Crippen molar-refractivity contribution < 1.29 is 13.2 Å². The van der Waals surface area contributed by atoms with Gasteiger partial charge in [-0.05, 0) is 12.8 Å². The van der Waals surface area contributed by atoms with Crippen molar-refractivity contribution >= 4 is 17.4 Å². The number of halogens is 4. The Kier molecular flexibility index (Phi) is 4.68. The second-order valence-electron chi connectivity index (χ2n) is 3.72. The van der Waals surface area contributed by atoms with Gasteiger partial charge < -0.3 is 4.90 Å². The lowest BCUT2D eigenvalue weighted by atomic mass is 10.3. The topological polar surface area (TPSA) is 31.9 Å². The fourth-order valence-corrected chi connectivity index (χ4v) is 1.89. The van der Waals surface area contributed by atoms with Gasteiger partial charge in [-0.3, -0.25) is 5.10 Å². The van der Waals surface area contributed by atoms with Gasteiger partial charge in [0.15, 0.2) is 11.5 Å². The number of aromatic amines is 1. The molecule has 0 saturated heterocycles. The average molecular weight is 270 g/mol. The van der Waals surface area contributed by atoms with Gasteiger partial charge in [0.2, 0.25) is 0 Å². The van der Waals surface area contributed by atoms with Gasteiger partial charge in [0.1, 0.15) is 5.02 Å². The number of nitrogens with one attached hydrogen (secondary N) is 1. The lowest BCUT2D eigenvalue weighted by molar-refractivity contribution is -0.141. The molecule has 0 aliphatic rings. The van der Waals surface area contributed by atoms with E-state index in [0.29, 0.717) is 13.1 Å². The van der Waals surface area contributed by atoms with Gasteiger partial charge in [0.25, 0.3) is 0 Å². The Hall–Kier alpha value is -0.910. The normalized spacial score (nSPS) is 11.9. The van der Waals surface area contributed by atoms with Crippen molar-refractivity contribution in [3.8, 4) is 0 Å². The summed E-state index contributed by atoms with van der Waals surface area (Å²) in [7, 11) is 0. The van der Waals surface area contributed by atoms with Crippen LogP contribution in [-0.2, 0) is 6.18 Å². The SMILES string of the molecule is CCCN(CCC)c1n[nH]c(C(F)(F)F)c1Cl. The summed E-state index contributed by atoms with van der Waals surface area (Å²) in [6, 6.07) is 0.